The number of benzene rings is 2. The Labute approximate surface area is 194 Å². The molecule has 1 aliphatic heterocycles. The summed E-state index contributed by atoms with van der Waals surface area (Å²) in [6, 6.07) is 12.9. The molecule has 0 saturated heterocycles. The third kappa shape index (κ3) is 4.33. The molecule has 0 spiro atoms. The Morgan fingerprint density at radius 1 is 1.16 bits per heavy atom. The Morgan fingerprint density at radius 2 is 1.94 bits per heavy atom. The number of methoxy groups -OCH3 is 2. The molecule has 3 aromatic rings. The highest BCUT2D eigenvalue weighted by Crippen LogP contribution is 2.39. The van der Waals surface area contributed by atoms with Crippen molar-refractivity contribution in [1.82, 2.24) is 9.55 Å². The van der Waals surface area contributed by atoms with E-state index in [1.165, 1.54) is 11.8 Å². The van der Waals surface area contributed by atoms with Crippen LogP contribution in [-0.2, 0) is 17.6 Å². The normalized spacial score (nSPS) is 15.1. The zero-order valence-corrected chi connectivity index (χ0v) is 19.4. The number of carbonyl (C=O) groups is 1. The Kier molecular flexibility index (Phi) is 6.43. The summed E-state index contributed by atoms with van der Waals surface area (Å²) in [6.45, 7) is 0. The number of nitrogens with zero attached hydrogens (tertiary/aromatic N) is 2. The van der Waals surface area contributed by atoms with Gasteiger partial charge in [-0.25, -0.2) is 0 Å². The largest absolute Gasteiger partial charge is 0.493 e. The van der Waals surface area contributed by atoms with Crippen molar-refractivity contribution >= 4 is 35.1 Å². The van der Waals surface area contributed by atoms with Gasteiger partial charge in [-0.1, -0.05) is 41.6 Å². The Morgan fingerprint density at radius 3 is 2.66 bits per heavy atom. The number of rotatable bonds is 6. The molecule has 0 bridgehead atoms. The van der Waals surface area contributed by atoms with E-state index in [9.17, 15) is 9.59 Å². The van der Waals surface area contributed by atoms with Gasteiger partial charge in [0.05, 0.1) is 19.8 Å². The summed E-state index contributed by atoms with van der Waals surface area (Å²) in [5.41, 5.74) is 1.91. The van der Waals surface area contributed by atoms with Crippen molar-refractivity contribution in [2.24, 2.45) is 7.05 Å². The minimum absolute atomic E-state index is 0.147. The monoisotopic (exact) mass is 471 g/mol. The number of hydrogen-bond donors (Lipinski definition) is 1. The lowest BCUT2D eigenvalue weighted by molar-refractivity contribution is -0.116. The van der Waals surface area contributed by atoms with Crippen LogP contribution in [-0.4, -0.2) is 29.7 Å². The van der Waals surface area contributed by atoms with Crippen molar-refractivity contribution in [1.29, 1.82) is 0 Å². The predicted molar refractivity (Wildman–Crippen MR) is 125 cm³/mol. The van der Waals surface area contributed by atoms with E-state index in [0.717, 1.165) is 11.1 Å². The molecular weight excluding hydrogens is 450 g/mol. The third-order valence-corrected chi connectivity index (χ3v) is 6.70. The van der Waals surface area contributed by atoms with Gasteiger partial charge >= 0.3 is 0 Å². The van der Waals surface area contributed by atoms with Crippen LogP contribution in [0.5, 0.6) is 11.5 Å². The van der Waals surface area contributed by atoms with Crippen LogP contribution in [0.25, 0.3) is 0 Å². The summed E-state index contributed by atoms with van der Waals surface area (Å²) in [7, 11) is 4.90. The second-order valence-corrected chi connectivity index (χ2v) is 8.74. The summed E-state index contributed by atoms with van der Waals surface area (Å²) in [4.78, 5) is 30.0. The van der Waals surface area contributed by atoms with E-state index in [4.69, 9.17) is 21.1 Å². The molecule has 166 valence electrons. The van der Waals surface area contributed by atoms with E-state index in [1.807, 2.05) is 30.3 Å². The van der Waals surface area contributed by atoms with Crippen LogP contribution >= 0.6 is 23.4 Å². The molecule has 1 N–H and O–H groups in total. The molecule has 7 nitrogen and oxygen atoms in total. The Hall–Kier alpha value is -2.97. The molecule has 1 atom stereocenters. The standard InChI is InChI=1S/C23H22ClN3O4S/c1-27-21-20(22(29)26-23(27)32-12-13-5-4-6-15(24)9-13)16(11-19(28)25-21)14-7-8-17(30-2)18(10-14)31-3/h4-10,16H,11-12H2,1-3H3,(H,25,28). The molecule has 9 heteroatoms. The highest BCUT2D eigenvalue weighted by Gasteiger charge is 2.32. The molecular formula is C23H22ClN3O4S. The Bertz CT molecular complexity index is 1240. The van der Waals surface area contributed by atoms with Gasteiger partial charge in [0.1, 0.15) is 5.82 Å². The number of fused-ring (bicyclic) bond motifs is 1. The molecule has 4 rings (SSSR count). The molecule has 2 aromatic carbocycles. The molecule has 2 heterocycles. The smallest absolute Gasteiger partial charge is 0.279 e. The van der Waals surface area contributed by atoms with Gasteiger partial charge in [-0.05, 0) is 35.4 Å². The van der Waals surface area contributed by atoms with Crippen molar-refractivity contribution in [3.8, 4) is 11.5 Å². The summed E-state index contributed by atoms with van der Waals surface area (Å²) < 4.78 is 12.5. The van der Waals surface area contributed by atoms with Crippen molar-refractivity contribution in [2.45, 2.75) is 23.2 Å². The van der Waals surface area contributed by atoms with Gasteiger partial charge in [-0.3, -0.25) is 9.59 Å². The highest BCUT2D eigenvalue weighted by molar-refractivity contribution is 7.98. The molecule has 0 aliphatic carbocycles. The average Bonchev–Trinajstić information content (AvgIpc) is 2.79. The first kappa shape index (κ1) is 22.2. The second-order valence-electron chi connectivity index (χ2n) is 7.36. The molecule has 0 saturated carbocycles. The summed E-state index contributed by atoms with van der Waals surface area (Å²) in [5, 5.41) is 4.03. The van der Waals surface area contributed by atoms with Crippen molar-refractivity contribution in [2.75, 3.05) is 19.5 Å². The molecule has 1 aliphatic rings. The van der Waals surface area contributed by atoms with Crippen molar-refractivity contribution in [3.63, 3.8) is 0 Å². The summed E-state index contributed by atoms with van der Waals surface area (Å²) >= 11 is 7.47. The second kappa shape index (κ2) is 9.26. The number of carbonyl (C=O) groups excluding carboxylic acids is 1. The fourth-order valence-corrected chi connectivity index (χ4v) is 4.91. The molecule has 0 radical (unpaired) electrons. The first-order valence-electron chi connectivity index (χ1n) is 9.91. The van der Waals surface area contributed by atoms with Gasteiger partial charge in [-0.15, -0.1) is 0 Å². The van der Waals surface area contributed by atoms with E-state index in [0.29, 0.717) is 38.8 Å². The highest BCUT2D eigenvalue weighted by atomic mass is 35.5. The van der Waals surface area contributed by atoms with E-state index in [2.05, 4.69) is 10.3 Å². The summed E-state index contributed by atoms with van der Waals surface area (Å²) in [6.07, 6.45) is 0.147. The maximum Gasteiger partial charge on any atom is 0.279 e. The SMILES string of the molecule is COc1ccc(C2CC(=O)Nc3c2c(=O)nc(SCc2cccc(Cl)c2)n3C)cc1OC. The minimum atomic E-state index is -0.434. The molecule has 0 fully saturated rings. The lowest BCUT2D eigenvalue weighted by Crippen LogP contribution is -2.33. The number of ether oxygens (including phenoxy) is 2. The maximum absolute atomic E-state index is 13.1. The van der Waals surface area contributed by atoms with Crippen LogP contribution in [0.1, 0.15) is 29.0 Å². The number of halogens is 1. The average molecular weight is 472 g/mol. The van der Waals surface area contributed by atoms with Crippen LogP contribution in [0.2, 0.25) is 5.02 Å². The first-order chi connectivity index (χ1) is 15.4. The minimum Gasteiger partial charge on any atom is -0.493 e. The van der Waals surface area contributed by atoms with Gasteiger partial charge in [0.2, 0.25) is 5.91 Å². The number of thioether (sulfide) groups is 1. The third-order valence-electron chi connectivity index (χ3n) is 5.37. The quantitative estimate of drug-likeness (QED) is 0.428. The van der Waals surface area contributed by atoms with E-state index < -0.39 is 5.92 Å². The van der Waals surface area contributed by atoms with Crippen LogP contribution in [0.4, 0.5) is 5.82 Å². The van der Waals surface area contributed by atoms with Gasteiger partial charge in [0, 0.05) is 30.2 Å². The molecule has 1 amide bonds. The zero-order valence-electron chi connectivity index (χ0n) is 17.8. The maximum atomic E-state index is 13.1. The Balaban J connectivity index is 1.72. The number of anilines is 1. The molecule has 1 aromatic heterocycles. The van der Waals surface area contributed by atoms with E-state index in [1.54, 1.807) is 38.0 Å². The number of aromatic nitrogens is 2. The van der Waals surface area contributed by atoms with Crippen LogP contribution in [0.3, 0.4) is 0 Å². The van der Waals surface area contributed by atoms with Crippen LogP contribution in [0.15, 0.2) is 52.4 Å². The van der Waals surface area contributed by atoms with E-state index >= 15 is 0 Å². The van der Waals surface area contributed by atoms with Crippen molar-refractivity contribution < 1.29 is 14.3 Å². The van der Waals surface area contributed by atoms with Crippen molar-refractivity contribution in [3.05, 3.63) is 74.5 Å². The van der Waals surface area contributed by atoms with Gasteiger partial charge in [0.15, 0.2) is 16.7 Å². The lowest BCUT2D eigenvalue weighted by atomic mass is 9.86. The predicted octanol–water partition coefficient (Wildman–Crippen LogP) is 4.22. The van der Waals surface area contributed by atoms with Gasteiger partial charge in [0.25, 0.3) is 5.56 Å². The molecule has 32 heavy (non-hydrogen) atoms. The zero-order chi connectivity index (χ0) is 22.8. The number of amides is 1. The van der Waals surface area contributed by atoms with Gasteiger partial charge in [-0.2, -0.15) is 4.98 Å². The van der Waals surface area contributed by atoms with Gasteiger partial charge < -0.3 is 19.4 Å². The lowest BCUT2D eigenvalue weighted by Gasteiger charge is -2.28. The molecule has 1 unspecified atom stereocenters. The number of hydrogen-bond acceptors (Lipinski definition) is 6. The number of nitrogens with one attached hydrogen (secondary N) is 1. The first-order valence-corrected chi connectivity index (χ1v) is 11.3. The van der Waals surface area contributed by atoms with Crippen LogP contribution in [0, 0.1) is 0 Å². The van der Waals surface area contributed by atoms with E-state index in [-0.39, 0.29) is 17.9 Å². The van der Waals surface area contributed by atoms with Crippen LogP contribution < -0.4 is 20.3 Å². The summed E-state index contributed by atoms with van der Waals surface area (Å²) in [5.74, 6) is 1.58. The fourth-order valence-electron chi connectivity index (χ4n) is 3.79. The fraction of sp³-hybridized carbons (Fsp3) is 0.261. The topological polar surface area (TPSA) is 82.5 Å².